The molecule has 1 heterocycles. The van der Waals surface area contributed by atoms with Crippen molar-refractivity contribution in [2.45, 2.75) is 13.8 Å². The Balaban J connectivity index is 1.74. The van der Waals surface area contributed by atoms with E-state index < -0.39 is 0 Å². The van der Waals surface area contributed by atoms with E-state index in [9.17, 15) is 14.4 Å². The molecule has 3 rings (SSSR count). The van der Waals surface area contributed by atoms with Crippen LogP contribution < -0.4 is 5.32 Å². The Morgan fingerprint density at radius 2 is 1.96 bits per heavy atom. The van der Waals surface area contributed by atoms with E-state index in [0.717, 1.165) is 11.1 Å². The summed E-state index contributed by atoms with van der Waals surface area (Å²) in [5.41, 5.74) is 2.90. The number of anilines is 1. The Kier molecular flexibility index (Phi) is 6.21. The first-order valence-corrected chi connectivity index (χ1v) is 10.0. The van der Waals surface area contributed by atoms with Gasteiger partial charge in [-0.15, -0.1) is 0 Å². The maximum atomic E-state index is 12.6. The van der Waals surface area contributed by atoms with Crippen LogP contribution in [0.2, 0.25) is 5.02 Å². The molecule has 5 nitrogen and oxygen atoms in total. The Morgan fingerprint density at radius 3 is 2.68 bits per heavy atom. The van der Waals surface area contributed by atoms with Gasteiger partial charge in [0.25, 0.3) is 0 Å². The van der Waals surface area contributed by atoms with Crippen LogP contribution in [-0.2, 0) is 9.59 Å². The number of nitrogens with zero attached hydrogens (tertiary/aromatic N) is 1. The normalized spacial score (nSPS) is 15.2. The number of allylic oxidation sites excluding steroid dienone is 1. The van der Waals surface area contributed by atoms with Gasteiger partial charge in [-0.25, -0.2) is 0 Å². The van der Waals surface area contributed by atoms with E-state index in [1.165, 1.54) is 22.7 Å². The number of hydrogen-bond donors (Lipinski definition) is 1. The van der Waals surface area contributed by atoms with Gasteiger partial charge in [0.1, 0.15) is 6.54 Å². The van der Waals surface area contributed by atoms with E-state index in [1.807, 2.05) is 32.0 Å². The average molecular weight is 415 g/mol. The van der Waals surface area contributed by atoms with Crippen molar-refractivity contribution >= 4 is 46.6 Å². The second kappa shape index (κ2) is 8.63. The zero-order valence-electron chi connectivity index (χ0n) is 15.5. The molecule has 1 fully saturated rings. The predicted octanol–water partition coefficient (Wildman–Crippen LogP) is 4.20. The maximum Gasteiger partial charge on any atom is 0.244 e. The smallest absolute Gasteiger partial charge is 0.244 e. The molecular weight excluding hydrogens is 396 g/mol. The maximum absolute atomic E-state index is 12.6. The number of amides is 2. The number of halogens is 1. The van der Waals surface area contributed by atoms with Gasteiger partial charge in [-0.3, -0.25) is 19.3 Å². The quantitative estimate of drug-likeness (QED) is 0.588. The summed E-state index contributed by atoms with van der Waals surface area (Å²) in [5.74, 6) is -0.581. The van der Waals surface area contributed by atoms with Crippen LogP contribution in [0.3, 0.4) is 0 Å². The first kappa shape index (κ1) is 20.2. The Morgan fingerprint density at radius 1 is 1.21 bits per heavy atom. The van der Waals surface area contributed by atoms with Crippen LogP contribution in [0.4, 0.5) is 5.69 Å². The van der Waals surface area contributed by atoms with Crippen molar-refractivity contribution < 1.29 is 14.4 Å². The summed E-state index contributed by atoms with van der Waals surface area (Å²) in [6, 6.07) is 12.6. The number of thioether (sulfide) groups is 1. The third-order valence-electron chi connectivity index (χ3n) is 4.28. The lowest BCUT2D eigenvalue weighted by atomic mass is 10.1. The lowest BCUT2D eigenvalue weighted by Crippen LogP contribution is -2.34. The van der Waals surface area contributed by atoms with E-state index in [1.54, 1.807) is 24.3 Å². The van der Waals surface area contributed by atoms with Crippen LogP contribution in [0.5, 0.6) is 0 Å². The second-order valence-corrected chi connectivity index (χ2v) is 7.86. The van der Waals surface area contributed by atoms with Crippen molar-refractivity contribution in [1.29, 1.82) is 0 Å². The molecule has 0 aromatic heterocycles. The fourth-order valence-corrected chi connectivity index (χ4v) is 4.02. The van der Waals surface area contributed by atoms with Gasteiger partial charge in [-0.05, 0) is 37.1 Å². The fourth-order valence-electron chi connectivity index (χ4n) is 2.79. The van der Waals surface area contributed by atoms with Crippen molar-refractivity contribution in [1.82, 2.24) is 4.90 Å². The molecule has 2 amide bonds. The van der Waals surface area contributed by atoms with Crippen LogP contribution in [-0.4, -0.2) is 34.8 Å². The van der Waals surface area contributed by atoms with Gasteiger partial charge < -0.3 is 5.32 Å². The number of benzene rings is 2. The molecule has 0 spiro atoms. The van der Waals surface area contributed by atoms with Gasteiger partial charge in [-0.2, -0.15) is 0 Å². The molecule has 1 aliphatic heterocycles. The minimum absolute atomic E-state index is 0.178. The van der Waals surface area contributed by atoms with Gasteiger partial charge in [-0.1, -0.05) is 53.7 Å². The zero-order valence-corrected chi connectivity index (χ0v) is 17.1. The highest BCUT2D eigenvalue weighted by atomic mass is 35.5. The number of hydrogen-bond acceptors (Lipinski definition) is 4. The van der Waals surface area contributed by atoms with Crippen molar-refractivity contribution in [2.24, 2.45) is 0 Å². The van der Waals surface area contributed by atoms with E-state index in [-0.39, 0.29) is 29.9 Å². The molecule has 1 saturated heterocycles. The molecule has 0 radical (unpaired) electrons. The standard InChI is InChI=1S/C21H19ClN2O3S/c1-13-7-8-17(16(22)9-13)23-19(26)11-24-20(27)12-28-21(24)10-18(25)15-6-4-3-5-14(15)2/h3-10H,11-12H2,1-2H3,(H,23,26)/b21-10-. The highest BCUT2D eigenvalue weighted by molar-refractivity contribution is 8.04. The highest BCUT2D eigenvalue weighted by Crippen LogP contribution is 2.30. The molecule has 28 heavy (non-hydrogen) atoms. The van der Waals surface area contributed by atoms with E-state index in [4.69, 9.17) is 11.6 Å². The largest absolute Gasteiger partial charge is 0.323 e. The summed E-state index contributed by atoms with van der Waals surface area (Å²) in [6.07, 6.45) is 1.42. The average Bonchev–Trinajstić information content (AvgIpc) is 2.97. The molecule has 2 aromatic rings. The van der Waals surface area contributed by atoms with Crippen molar-refractivity contribution in [2.75, 3.05) is 17.6 Å². The number of aryl methyl sites for hydroxylation is 2. The monoisotopic (exact) mass is 414 g/mol. The van der Waals surface area contributed by atoms with Crippen LogP contribution in [0.15, 0.2) is 53.6 Å². The third-order valence-corrected chi connectivity index (χ3v) is 5.61. The molecule has 7 heteroatoms. The van der Waals surface area contributed by atoms with Gasteiger partial charge >= 0.3 is 0 Å². The Labute approximate surface area is 172 Å². The number of rotatable bonds is 5. The SMILES string of the molecule is Cc1ccc(NC(=O)CN2C(=O)CS/C2=C\C(=O)c2ccccc2C)c(Cl)c1. The summed E-state index contributed by atoms with van der Waals surface area (Å²) in [5, 5.41) is 3.62. The first-order valence-electron chi connectivity index (χ1n) is 8.66. The highest BCUT2D eigenvalue weighted by Gasteiger charge is 2.29. The molecular formula is C21H19ClN2O3S. The molecule has 144 valence electrons. The molecule has 0 bridgehead atoms. The predicted molar refractivity (Wildman–Crippen MR) is 113 cm³/mol. The minimum Gasteiger partial charge on any atom is -0.323 e. The number of carbonyl (C=O) groups excluding carboxylic acids is 3. The topological polar surface area (TPSA) is 66.5 Å². The molecule has 1 aliphatic rings. The molecule has 0 saturated carbocycles. The lowest BCUT2D eigenvalue weighted by Gasteiger charge is -2.17. The second-order valence-electron chi connectivity index (χ2n) is 6.46. The van der Waals surface area contributed by atoms with Gasteiger partial charge in [0, 0.05) is 11.6 Å². The number of carbonyl (C=O) groups is 3. The van der Waals surface area contributed by atoms with Crippen LogP contribution in [0.1, 0.15) is 21.5 Å². The molecule has 2 aromatic carbocycles. The Bertz CT molecular complexity index is 987. The lowest BCUT2D eigenvalue weighted by molar-refractivity contribution is -0.129. The first-order chi connectivity index (χ1) is 13.3. The van der Waals surface area contributed by atoms with Crippen molar-refractivity contribution in [3.63, 3.8) is 0 Å². The zero-order chi connectivity index (χ0) is 20.3. The van der Waals surface area contributed by atoms with Crippen LogP contribution in [0, 0.1) is 13.8 Å². The summed E-state index contributed by atoms with van der Waals surface area (Å²) >= 11 is 7.40. The molecule has 0 unspecified atom stereocenters. The molecule has 1 N–H and O–H groups in total. The van der Waals surface area contributed by atoms with Crippen LogP contribution in [0.25, 0.3) is 0 Å². The summed E-state index contributed by atoms with van der Waals surface area (Å²) in [7, 11) is 0. The minimum atomic E-state index is -0.379. The fraction of sp³-hybridized carbons (Fsp3) is 0.190. The summed E-state index contributed by atoms with van der Waals surface area (Å²) < 4.78 is 0. The van der Waals surface area contributed by atoms with Gasteiger partial charge in [0.2, 0.25) is 11.8 Å². The van der Waals surface area contributed by atoms with Crippen LogP contribution >= 0.6 is 23.4 Å². The van der Waals surface area contributed by atoms with E-state index >= 15 is 0 Å². The molecule has 0 aliphatic carbocycles. The summed E-state index contributed by atoms with van der Waals surface area (Å²) in [4.78, 5) is 38.6. The van der Waals surface area contributed by atoms with Gasteiger partial charge in [0.05, 0.1) is 21.5 Å². The summed E-state index contributed by atoms with van der Waals surface area (Å²) in [6.45, 7) is 3.58. The molecule has 0 atom stereocenters. The van der Waals surface area contributed by atoms with Crippen molar-refractivity contribution in [3.05, 3.63) is 75.3 Å². The van der Waals surface area contributed by atoms with E-state index in [2.05, 4.69) is 5.32 Å². The third kappa shape index (κ3) is 4.64. The van der Waals surface area contributed by atoms with Gasteiger partial charge in [0.15, 0.2) is 5.78 Å². The number of ketones is 1. The van der Waals surface area contributed by atoms with Crippen molar-refractivity contribution in [3.8, 4) is 0 Å². The number of nitrogens with one attached hydrogen (secondary N) is 1. The Hall–Kier alpha value is -2.57. The van der Waals surface area contributed by atoms with E-state index in [0.29, 0.717) is 21.3 Å².